The van der Waals surface area contributed by atoms with E-state index in [-0.39, 0.29) is 0 Å². The lowest BCUT2D eigenvalue weighted by atomic mass is 10.1. The summed E-state index contributed by atoms with van der Waals surface area (Å²) >= 11 is 0. The largest absolute Gasteiger partial charge is 0.389 e. The summed E-state index contributed by atoms with van der Waals surface area (Å²) in [4.78, 5) is 4.18. The van der Waals surface area contributed by atoms with Crippen molar-refractivity contribution in [3.8, 4) is 5.82 Å². The predicted molar refractivity (Wildman–Crippen MR) is 52.0 cm³/mol. The minimum absolute atomic E-state index is 0.539. The van der Waals surface area contributed by atoms with Crippen LogP contribution in [0.15, 0.2) is 36.8 Å². The van der Waals surface area contributed by atoms with Crippen molar-refractivity contribution in [2.75, 3.05) is 0 Å². The first-order valence-corrected chi connectivity index (χ1v) is 4.42. The van der Waals surface area contributed by atoms with Crippen molar-refractivity contribution >= 4 is 0 Å². The molecule has 1 atom stereocenters. The van der Waals surface area contributed by atoms with E-state index >= 15 is 0 Å². The summed E-state index contributed by atoms with van der Waals surface area (Å²) in [5.41, 5.74) is 0.774. The summed E-state index contributed by atoms with van der Waals surface area (Å²) < 4.78 is 1.64. The van der Waals surface area contributed by atoms with Crippen molar-refractivity contribution in [3.63, 3.8) is 0 Å². The Balaban J connectivity index is 2.53. The van der Waals surface area contributed by atoms with E-state index in [4.69, 9.17) is 0 Å². The van der Waals surface area contributed by atoms with E-state index in [0.29, 0.717) is 5.82 Å². The van der Waals surface area contributed by atoms with E-state index in [2.05, 4.69) is 10.1 Å². The zero-order valence-corrected chi connectivity index (χ0v) is 7.83. The minimum atomic E-state index is -0.539. The van der Waals surface area contributed by atoms with Gasteiger partial charge in [0.15, 0.2) is 5.82 Å². The maximum atomic E-state index is 9.52. The van der Waals surface area contributed by atoms with Gasteiger partial charge in [0, 0.05) is 24.2 Å². The number of aliphatic hydroxyl groups excluding tert-OH is 1. The Labute approximate surface area is 81.8 Å². The number of rotatable bonds is 2. The normalized spacial score (nSPS) is 12.7. The van der Waals surface area contributed by atoms with E-state index in [1.54, 1.807) is 36.3 Å². The van der Waals surface area contributed by atoms with E-state index < -0.39 is 6.10 Å². The van der Waals surface area contributed by atoms with Gasteiger partial charge in [-0.3, -0.25) is 0 Å². The smallest absolute Gasteiger partial charge is 0.159 e. The Morgan fingerprint density at radius 3 is 2.86 bits per heavy atom. The van der Waals surface area contributed by atoms with Gasteiger partial charge in [-0.25, -0.2) is 9.67 Å². The molecule has 0 fully saturated rings. The molecule has 72 valence electrons. The van der Waals surface area contributed by atoms with Gasteiger partial charge < -0.3 is 5.11 Å². The SMILES string of the molecule is C[C@H](O)c1cccnc1-n1cccn1. The highest BCUT2D eigenvalue weighted by molar-refractivity contribution is 5.33. The number of nitrogens with zero attached hydrogens (tertiary/aromatic N) is 3. The van der Waals surface area contributed by atoms with Gasteiger partial charge in [-0.2, -0.15) is 5.10 Å². The molecule has 14 heavy (non-hydrogen) atoms. The monoisotopic (exact) mass is 189 g/mol. The average molecular weight is 189 g/mol. The average Bonchev–Trinajstić information content (AvgIpc) is 2.70. The molecule has 0 amide bonds. The molecule has 0 unspecified atom stereocenters. The van der Waals surface area contributed by atoms with Gasteiger partial charge >= 0.3 is 0 Å². The van der Waals surface area contributed by atoms with Crippen molar-refractivity contribution < 1.29 is 5.11 Å². The van der Waals surface area contributed by atoms with Crippen LogP contribution in [0.5, 0.6) is 0 Å². The predicted octanol–water partition coefficient (Wildman–Crippen LogP) is 1.32. The topological polar surface area (TPSA) is 50.9 Å². The summed E-state index contributed by atoms with van der Waals surface area (Å²) in [6, 6.07) is 5.46. The fraction of sp³-hybridized carbons (Fsp3) is 0.200. The molecule has 1 N–H and O–H groups in total. The van der Waals surface area contributed by atoms with E-state index in [1.165, 1.54) is 0 Å². The summed E-state index contributed by atoms with van der Waals surface area (Å²) in [5, 5.41) is 13.6. The van der Waals surface area contributed by atoms with Crippen molar-refractivity contribution in [3.05, 3.63) is 42.4 Å². The molecule has 0 aliphatic carbocycles. The third-order valence-corrected chi connectivity index (χ3v) is 1.99. The van der Waals surface area contributed by atoms with Gasteiger partial charge in [0.2, 0.25) is 0 Å². The number of aliphatic hydroxyl groups is 1. The zero-order valence-electron chi connectivity index (χ0n) is 7.83. The van der Waals surface area contributed by atoms with Crippen LogP contribution in [-0.2, 0) is 0 Å². The lowest BCUT2D eigenvalue weighted by Gasteiger charge is -2.09. The molecule has 0 saturated carbocycles. The van der Waals surface area contributed by atoms with E-state index in [0.717, 1.165) is 5.56 Å². The number of hydrogen-bond donors (Lipinski definition) is 1. The van der Waals surface area contributed by atoms with Crippen molar-refractivity contribution in [2.24, 2.45) is 0 Å². The van der Waals surface area contributed by atoms with Crippen molar-refractivity contribution in [1.29, 1.82) is 0 Å². The Morgan fingerprint density at radius 1 is 1.36 bits per heavy atom. The Hall–Kier alpha value is -1.68. The van der Waals surface area contributed by atoms with Crippen LogP contribution in [0.3, 0.4) is 0 Å². The molecule has 2 heterocycles. The van der Waals surface area contributed by atoms with E-state index in [1.807, 2.05) is 12.1 Å². The molecule has 0 aliphatic heterocycles. The van der Waals surface area contributed by atoms with Crippen molar-refractivity contribution in [2.45, 2.75) is 13.0 Å². The lowest BCUT2D eigenvalue weighted by molar-refractivity contribution is 0.198. The Bertz CT molecular complexity index is 409. The first-order valence-electron chi connectivity index (χ1n) is 4.42. The molecular weight excluding hydrogens is 178 g/mol. The molecule has 4 heteroatoms. The van der Waals surface area contributed by atoms with Gasteiger partial charge in [0.1, 0.15) is 0 Å². The second-order valence-corrected chi connectivity index (χ2v) is 3.04. The molecule has 0 saturated heterocycles. The first-order chi connectivity index (χ1) is 6.79. The maximum Gasteiger partial charge on any atom is 0.159 e. The fourth-order valence-electron chi connectivity index (χ4n) is 1.32. The lowest BCUT2D eigenvalue weighted by Crippen LogP contribution is -2.05. The first kappa shape index (κ1) is 8.90. The Kier molecular flexibility index (Phi) is 2.28. The highest BCUT2D eigenvalue weighted by atomic mass is 16.3. The number of pyridine rings is 1. The highest BCUT2D eigenvalue weighted by Gasteiger charge is 2.09. The van der Waals surface area contributed by atoms with Crippen LogP contribution in [-0.4, -0.2) is 19.9 Å². The quantitative estimate of drug-likeness (QED) is 0.775. The van der Waals surface area contributed by atoms with Gasteiger partial charge in [0.05, 0.1) is 6.10 Å². The molecular formula is C10H11N3O. The van der Waals surface area contributed by atoms with Crippen LogP contribution in [0.1, 0.15) is 18.6 Å². The van der Waals surface area contributed by atoms with Crippen LogP contribution < -0.4 is 0 Å². The minimum Gasteiger partial charge on any atom is -0.389 e. The van der Waals surface area contributed by atoms with Gasteiger partial charge in [-0.05, 0) is 19.1 Å². The fourth-order valence-corrected chi connectivity index (χ4v) is 1.32. The molecule has 2 rings (SSSR count). The third-order valence-electron chi connectivity index (χ3n) is 1.99. The number of aromatic nitrogens is 3. The molecule has 0 bridgehead atoms. The molecule has 0 aromatic carbocycles. The van der Waals surface area contributed by atoms with E-state index in [9.17, 15) is 5.11 Å². The molecule has 2 aromatic heterocycles. The molecule has 0 aliphatic rings. The van der Waals surface area contributed by atoms with Gasteiger partial charge in [-0.1, -0.05) is 6.07 Å². The van der Waals surface area contributed by atoms with Crippen LogP contribution >= 0.6 is 0 Å². The zero-order chi connectivity index (χ0) is 9.97. The molecule has 2 aromatic rings. The van der Waals surface area contributed by atoms with Crippen LogP contribution in [0.25, 0.3) is 5.82 Å². The van der Waals surface area contributed by atoms with Crippen LogP contribution in [0.4, 0.5) is 0 Å². The molecule has 0 spiro atoms. The van der Waals surface area contributed by atoms with Gasteiger partial charge in [-0.15, -0.1) is 0 Å². The second kappa shape index (κ2) is 3.59. The highest BCUT2D eigenvalue weighted by Crippen LogP contribution is 2.17. The summed E-state index contributed by atoms with van der Waals surface area (Å²) in [6.07, 6.45) is 4.63. The van der Waals surface area contributed by atoms with Gasteiger partial charge in [0.25, 0.3) is 0 Å². The number of hydrogen-bond acceptors (Lipinski definition) is 3. The second-order valence-electron chi connectivity index (χ2n) is 3.04. The molecule has 4 nitrogen and oxygen atoms in total. The molecule has 0 radical (unpaired) electrons. The Morgan fingerprint density at radius 2 is 2.21 bits per heavy atom. The summed E-state index contributed by atoms with van der Waals surface area (Å²) in [6.45, 7) is 1.71. The maximum absolute atomic E-state index is 9.52. The summed E-state index contributed by atoms with van der Waals surface area (Å²) in [5.74, 6) is 0.674. The van der Waals surface area contributed by atoms with Crippen LogP contribution in [0.2, 0.25) is 0 Å². The summed E-state index contributed by atoms with van der Waals surface area (Å²) in [7, 11) is 0. The van der Waals surface area contributed by atoms with Crippen LogP contribution in [0, 0.1) is 0 Å². The third kappa shape index (κ3) is 1.52. The standard InChI is InChI=1S/C10H11N3O/c1-8(14)9-4-2-5-11-10(9)13-7-3-6-12-13/h2-8,14H,1H3/t8-/m0/s1. The van der Waals surface area contributed by atoms with Crippen molar-refractivity contribution in [1.82, 2.24) is 14.8 Å².